The van der Waals surface area contributed by atoms with Crippen molar-refractivity contribution in [3.05, 3.63) is 42.1 Å². The summed E-state index contributed by atoms with van der Waals surface area (Å²) in [7, 11) is 0. The van der Waals surface area contributed by atoms with Crippen molar-refractivity contribution in [2.45, 2.75) is 6.18 Å². The van der Waals surface area contributed by atoms with E-state index in [0.717, 1.165) is 11.0 Å². The molecule has 0 amide bonds. The monoisotopic (exact) mass is 361 g/mol. The first-order valence-corrected chi connectivity index (χ1v) is 8.30. The number of carbonyl (C=O) groups is 1. The lowest BCUT2D eigenvalue weighted by molar-refractivity contribution is -0.154. The number of aromatic carboxylic acids is 1. The van der Waals surface area contributed by atoms with Gasteiger partial charge in [-0.2, -0.15) is 13.2 Å². The molecule has 2 atom stereocenters. The van der Waals surface area contributed by atoms with Crippen molar-refractivity contribution in [2.24, 2.45) is 17.8 Å². The van der Waals surface area contributed by atoms with Gasteiger partial charge in [-0.3, -0.25) is 0 Å². The number of rotatable bonds is 2. The highest BCUT2D eigenvalue weighted by molar-refractivity contribution is 5.94. The molecule has 0 spiro atoms. The minimum absolute atomic E-state index is 0.129. The highest BCUT2D eigenvalue weighted by Gasteiger charge is 2.67. The van der Waals surface area contributed by atoms with Crippen molar-refractivity contribution in [3.8, 4) is 0 Å². The van der Waals surface area contributed by atoms with Crippen LogP contribution in [0, 0.1) is 17.8 Å². The molecule has 1 aromatic carbocycles. The van der Waals surface area contributed by atoms with Crippen molar-refractivity contribution >= 4 is 28.3 Å². The predicted molar refractivity (Wildman–Crippen MR) is 88.4 cm³/mol. The molecule has 3 heterocycles. The van der Waals surface area contributed by atoms with E-state index in [9.17, 15) is 23.1 Å². The van der Waals surface area contributed by atoms with Gasteiger partial charge in [-0.15, -0.1) is 0 Å². The van der Waals surface area contributed by atoms with Crippen LogP contribution >= 0.6 is 0 Å². The van der Waals surface area contributed by atoms with Crippen LogP contribution in [0.2, 0.25) is 0 Å². The highest BCUT2D eigenvalue weighted by atomic mass is 19.4. The summed E-state index contributed by atoms with van der Waals surface area (Å²) in [5.41, 5.74) is 2.21. The van der Waals surface area contributed by atoms with Crippen molar-refractivity contribution in [1.29, 1.82) is 0 Å². The molecule has 0 bridgehead atoms. The van der Waals surface area contributed by atoms with Crippen molar-refractivity contribution in [1.82, 2.24) is 9.38 Å². The number of fused-ring (bicyclic) bond motifs is 4. The van der Waals surface area contributed by atoms with Gasteiger partial charge in [-0.05, 0) is 42.2 Å². The van der Waals surface area contributed by atoms with Gasteiger partial charge in [0.25, 0.3) is 0 Å². The number of halogens is 3. The molecule has 2 aromatic heterocycles. The van der Waals surface area contributed by atoms with Gasteiger partial charge in [-0.25, -0.2) is 9.78 Å². The third kappa shape index (κ3) is 2.11. The molecule has 5 rings (SSSR count). The van der Waals surface area contributed by atoms with Crippen LogP contribution in [-0.4, -0.2) is 39.7 Å². The second-order valence-electron chi connectivity index (χ2n) is 7.01. The third-order valence-corrected chi connectivity index (χ3v) is 5.56. The summed E-state index contributed by atoms with van der Waals surface area (Å²) in [4.78, 5) is 17.7. The number of aromatic nitrogens is 2. The molecule has 2 aliphatic rings. The number of hydrogen-bond donors (Lipinski definition) is 1. The molecule has 2 unspecified atom stereocenters. The Balaban J connectivity index is 1.57. The first-order valence-electron chi connectivity index (χ1n) is 8.30. The first-order chi connectivity index (χ1) is 12.3. The van der Waals surface area contributed by atoms with Crippen LogP contribution in [-0.2, 0) is 0 Å². The van der Waals surface area contributed by atoms with Gasteiger partial charge in [-0.1, -0.05) is 0 Å². The van der Waals surface area contributed by atoms with Crippen LogP contribution in [0.3, 0.4) is 0 Å². The molecule has 26 heavy (non-hydrogen) atoms. The van der Waals surface area contributed by atoms with Crippen LogP contribution < -0.4 is 4.90 Å². The second kappa shape index (κ2) is 4.90. The maximum atomic E-state index is 12.9. The minimum atomic E-state index is -4.13. The lowest BCUT2D eigenvalue weighted by atomic mass is 10.2. The molecule has 1 aliphatic carbocycles. The smallest absolute Gasteiger partial charge is 0.392 e. The number of hydrogen-bond acceptors (Lipinski definition) is 3. The number of piperidine rings is 1. The standard InChI is InChI=1S/C18H14F3N3O2/c19-18(20,21)15-10-7-23(8-11(10)15)16-14-2-1-5-24(14)13-4-3-9(17(25)26)6-12(13)22-16/h1-6,10-11,15H,7-8H2,(H,25,26). The molecule has 2 fully saturated rings. The van der Waals surface area contributed by atoms with Gasteiger partial charge < -0.3 is 14.4 Å². The minimum Gasteiger partial charge on any atom is -0.478 e. The normalized spacial score (nSPS) is 25.0. The van der Waals surface area contributed by atoms with Crippen molar-refractivity contribution in [2.75, 3.05) is 18.0 Å². The second-order valence-corrected chi connectivity index (χ2v) is 7.01. The molecule has 3 aromatic rings. The fraction of sp³-hybridized carbons (Fsp3) is 0.333. The summed E-state index contributed by atoms with van der Waals surface area (Å²) in [5.74, 6) is -2.36. The van der Waals surface area contributed by atoms with Gasteiger partial charge in [0, 0.05) is 19.3 Å². The van der Waals surface area contributed by atoms with E-state index < -0.39 is 18.1 Å². The van der Waals surface area contributed by atoms with E-state index in [2.05, 4.69) is 4.98 Å². The van der Waals surface area contributed by atoms with E-state index in [1.807, 2.05) is 27.6 Å². The van der Waals surface area contributed by atoms with Crippen LogP contribution in [0.15, 0.2) is 36.5 Å². The largest absolute Gasteiger partial charge is 0.478 e. The number of nitrogens with zero attached hydrogens (tertiary/aromatic N) is 3. The average Bonchev–Trinajstić information content (AvgIpc) is 2.96. The molecule has 8 heteroatoms. The highest BCUT2D eigenvalue weighted by Crippen LogP contribution is 2.59. The Labute approximate surface area is 145 Å². The number of benzene rings is 1. The van der Waals surface area contributed by atoms with Crippen molar-refractivity contribution < 1.29 is 23.1 Å². The van der Waals surface area contributed by atoms with Crippen LogP contribution in [0.25, 0.3) is 16.6 Å². The fourth-order valence-corrected chi connectivity index (χ4v) is 4.31. The van der Waals surface area contributed by atoms with Gasteiger partial charge in [0.05, 0.1) is 28.0 Å². The molecule has 1 saturated heterocycles. The van der Waals surface area contributed by atoms with Gasteiger partial charge in [0.15, 0.2) is 5.82 Å². The maximum Gasteiger partial charge on any atom is 0.392 e. The Morgan fingerprint density at radius 3 is 2.54 bits per heavy atom. The molecule has 1 N–H and O–H groups in total. The number of carboxylic acid groups (broad SMARTS) is 1. The summed E-state index contributed by atoms with van der Waals surface area (Å²) < 4.78 is 40.7. The maximum absolute atomic E-state index is 12.9. The Morgan fingerprint density at radius 2 is 1.88 bits per heavy atom. The summed E-state index contributed by atoms with van der Waals surface area (Å²) >= 11 is 0. The summed E-state index contributed by atoms with van der Waals surface area (Å²) in [6, 6.07) is 8.43. The Morgan fingerprint density at radius 1 is 1.15 bits per heavy atom. The lowest BCUT2D eigenvalue weighted by Crippen LogP contribution is -2.29. The lowest BCUT2D eigenvalue weighted by Gasteiger charge is -2.23. The SMILES string of the molecule is O=C(O)c1ccc2c(c1)nc(N1CC3C(C1)C3C(F)(F)F)c1cccn12. The third-order valence-electron chi connectivity index (χ3n) is 5.56. The Bertz CT molecular complexity index is 1050. The van der Waals surface area contributed by atoms with E-state index in [0.29, 0.717) is 24.4 Å². The number of carboxylic acids is 1. The zero-order valence-corrected chi connectivity index (χ0v) is 13.4. The van der Waals surface area contributed by atoms with E-state index >= 15 is 0 Å². The topological polar surface area (TPSA) is 57.8 Å². The molecular weight excluding hydrogens is 347 g/mol. The predicted octanol–water partition coefficient (Wildman–Crippen LogP) is 3.43. The van der Waals surface area contributed by atoms with Gasteiger partial charge in [0.2, 0.25) is 0 Å². The van der Waals surface area contributed by atoms with Crippen molar-refractivity contribution in [3.63, 3.8) is 0 Å². The van der Waals surface area contributed by atoms with Crippen LogP contribution in [0.4, 0.5) is 19.0 Å². The van der Waals surface area contributed by atoms with E-state index in [4.69, 9.17) is 0 Å². The molecule has 1 saturated carbocycles. The first kappa shape index (κ1) is 15.5. The van der Waals surface area contributed by atoms with Gasteiger partial charge in [0.1, 0.15) is 0 Å². The molecule has 1 aliphatic heterocycles. The quantitative estimate of drug-likeness (QED) is 0.760. The zero-order valence-electron chi connectivity index (χ0n) is 13.4. The Hall–Kier alpha value is -2.77. The van der Waals surface area contributed by atoms with Gasteiger partial charge >= 0.3 is 12.1 Å². The molecule has 0 radical (unpaired) electrons. The molecule has 134 valence electrons. The van der Waals surface area contributed by atoms with E-state index in [-0.39, 0.29) is 17.4 Å². The fourth-order valence-electron chi connectivity index (χ4n) is 4.31. The number of anilines is 1. The zero-order chi connectivity index (χ0) is 18.2. The van der Waals surface area contributed by atoms with Crippen LogP contribution in [0.5, 0.6) is 0 Å². The number of alkyl halides is 3. The van der Waals surface area contributed by atoms with Crippen LogP contribution in [0.1, 0.15) is 10.4 Å². The Kier molecular flexibility index (Phi) is 2.92. The summed E-state index contributed by atoms with van der Waals surface area (Å²) in [6.45, 7) is 0.652. The molecule has 5 nitrogen and oxygen atoms in total. The summed E-state index contributed by atoms with van der Waals surface area (Å²) in [6.07, 6.45) is -2.28. The molecular formula is C18H14F3N3O2. The van der Waals surface area contributed by atoms with E-state index in [1.54, 1.807) is 6.07 Å². The average molecular weight is 361 g/mol. The van der Waals surface area contributed by atoms with E-state index in [1.165, 1.54) is 12.1 Å². The summed E-state index contributed by atoms with van der Waals surface area (Å²) in [5, 5.41) is 9.19.